The summed E-state index contributed by atoms with van der Waals surface area (Å²) in [6.07, 6.45) is 2.17. The molecule has 1 fully saturated rings. The molecule has 228 valence electrons. The molecule has 1 heterocycles. The lowest BCUT2D eigenvalue weighted by Gasteiger charge is -2.50. The van der Waals surface area contributed by atoms with Crippen LogP contribution in [-0.4, -0.2) is 93.0 Å². The second kappa shape index (κ2) is 10.4. The second-order valence-electron chi connectivity index (χ2n) is 12.0. The summed E-state index contributed by atoms with van der Waals surface area (Å²) in [4.78, 5) is 55.7. The number of nitrogens with zero attached hydrogens (tertiary/aromatic N) is 3. The van der Waals surface area contributed by atoms with Crippen LogP contribution < -0.4 is 10.6 Å². The molecule has 0 aliphatic heterocycles. The van der Waals surface area contributed by atoms with Crippen molar-refractivity contribution in [3.8, 4) is 5.75 Å². The molecule has 1 saturated carbocycles. The summed E-state index contributed by atoms with van der Waals surface area (Å²) >= 11 is 0. The van der Waals surface area contributed by atoms with Gasteiger partial charge in [0, 0.05) is 50.9 Å². The number of nitrogens with two attached hydrogens (primary N) is 1. The molecule has 12 nitrogen and oxygen atoms in total. The number of anilines is 1. The molecule has 1 aromatic heterocycles. The predicted molar refractivity (Wildman–Crippen MR) is 157 cm³/mol. The lowest BCUT2D eigenvalue weighted by Crippen LogP contribution is -2.65. The number of likely N-dealkylation sites (N-methyl/N-ethyl adjacent to an activating group) is 1. The van der Waals surface area contributed by atoms with Crippen molar-refractivity contribution in [2.24, 2.45) is 24.6 Å². The van der Waals surface area contributed by atoms with Crippen LogP contribution in [0.1, 0.15) is 40.0 Å². The van der Waals surface area contributed by atoms with Crippen LogP contribution >= 0.6 is 0 Å². The zero-order valence-corrected chi connectivity index (χ0v) is 24.7. The molecule has 2 aromatic rings. The van der Waals surface area contributed by atoms with Gasteiger partial charge in [0.2, 0.25) is 5.78 Å². The van der Waals surface area contributed by atoms with Gasteiger partial charge in [0.15, 0.2) is 17.2 Å². The van der Waals surface area contributed by atoms with Crippen molar-refractivity contribution in [2.75, 3.05) is 33.1 Å². The third kappa shape index (κ3) is 4.35. The zero-order chi connectivity index (χ0) is 31.7. The van der Waals surface area contributed by atoms with E-state index in [0.717, 1.165) is 0 Å². The third-order valence-corrected chi connectivity index (χ3v) is 9.11. The van der Waals surface area contributed by atoms with Crippen LogP contribution in [-0.2, 0) is 34.3 Å². The van der Waals surface area contributed by atoms with Crippen molar-refractivity contribution in [3.63, 3.8) is 0 Å². The number of primary amides is 1. The molecule has 5 rings (SSSR count). The number of aromatic nitrogens is 1. The highest BCUT2D eigenvalue weighted by atomic mass is 16.3. The first-order valence-electron chi connectivity index (χ1n) is 14.0. The average molecular weight is 593 g/mol. The van der Waals surface area contributed by atoms with E-state index in [4.69, 9.17) is 5.73 Å². The van der Waals surface area contributed by atoms with E-state index in [9.17, 15) is 39.6 Å². The van der Waals surface area contributed by atoms with Crippen LogP contribution in [0.2, 0.25) is 0 Å². The number of aliphatic hydroxyl groups is 3. The Bertz CT molecular complexity index is 1650. The number of hydrogen-bond acceptors (Lipinski definition) is 10. The van der Waals surface area contributed by atoms with Crippen LogP contribution in [0.5, 0.6) is 5.75 Å². The zero-order valence-electron chi connectivity index (χ0n) is 24.7. The maximum absolute atomic E-state index is 14.1. The summed E-state index contributed by atoms with van der Waals surface area (Å²) in [5.74, 6) is -7.10. The van der Waals surface area contributed by atoms with Crippen LogP contribution in [0.4, 0.5) is 5.69 Å². The fourth-order valence-corrected chi connectivity index (χ4v) is 7.06. The minimum Gasteiger partial charge on any atom is -0.508 e. The van der Waals surface area contributed by atoms with E-state index in [-0.39, 0.29) is 48.4 Å². The molecule has 3 aliphatic carbocycles. The van der Waals surface area contributed by atoms with Gasteiger partial charge in [-0.15, -0.1) is 0 Å². The number of hydrogen-bond donors (Lipinski definition) is 5. The fraction of sp³-hybridized carbons (Fsp3) is 0.419. The molecule has 1 aromatic carbocycles. The Morgan fingerprint density at radius 2 is 1.81 bits per heavy atom. The molecule has 0 saturated heterocycles. The Morgan fingerprint density at radius 1 is 1.14 bits per heavy atom. The third-order valence-electron chi connectivity index (χ3n) is 9.11. The molecular formula is C31H36N4O8. The van der Waals surface area contributed by atoms with Crippen molar-refractivity contribution in [2.45, 2.75) is 37.3 Å². The summed E-state index contributed by atoms with van der Waals surface area (Å²) < 4.78 is 1.70. The summed E-state index contributed by atoms with van der Waals surface area (Å²) in [7, 11) is 8.46. The molecule has 1 amide bonds. The molecule has 6 N–H and O–H groups in total. The number of aromatic hydroxyl groups is 1. The lowest BCUT2D eigenvalue weighted by atomic mass is 9.57. The lowest BCUT2D eigenvalue weighted by molar-refractivity contribution is -0.153. The number of benzene rings is 1. The summed E-state index contributed by atoms with van der Waals surface area (Å²) in [5, 5.41) is 45.9. The highest BCUT2D eigenvalue weighted by Gasteiger charge is 2.64. The Kier molecular flexibility index (Phi) is 7.26. The van der Waals surface area contributed by atoms with Crippen LogP contribution in [0.3, 0.4) is 0 Å². The van der Waals surface area contributed by atoms with Gasteiger partial charge in [0.05, 0.1) is 17.3 Å². The number of phenols is 1. The van der Waals surface area contributed by atoms with Crippen molar-refractivity contribution < 1.29 is 39.6 Å². The number of amides is 1. The van der Waals surface area contributed by atoms with E-state index in [1.54, 1.807) is 69.1 Å². The molecule has 0 bridgehead atoms. The van der Waals surface area contributed by atoms with Gasteiger partial charge in [-0.2, -0.15) is 0 Å². The first-order valence-corrected chi connectivity index (χ1v) is 14.0. The van der Waals surface area contributed by atoms with E-state index >= 15 is 0 Å². The second-order valence-corrected chi connectivity index (χ2v) is 12.0. The number of aliphatic hydroxyl groups excluding tert-OH is 2. The summed E-state index contributed by atoms with van der Waals surface area (Å²) in [6.45, 7) is 0. The van der Waals surface area contributed by atoms with E-state index in [1.807, 2.05) is 0 Å². The molecule has 3 aliphatic rings. The van der Waals surface area contributed by atoms with Crippen LogP contribution in [0.15, 0.2) is 41.3 Å². The van der Waals surface area contributed by atoms with Gasteiger partial charge in [-0.25, -0.2) is 0 Å². The van der Waals surface area contributed by atoms with Gasteiger partial charge in [0.1, 0.15) is 22.8 Å². The quantitative estimate of drug-likeness (QED) is 0.231. The minimum absolute atomic E-state index is 0.00352. The summed E-state index contributed by atoms with van der Waals surface area (Å²) in [6, 6.07) is 4.07. The van der Waals surface area contributed by atoms with Crippen molar-refractivity contribution in [1.82, 2.24) is 9.47 Å². The SMILES string of the molecule is CN(C)c1cc(CCC(=O)c2cccn2C)c(O)c2c1CC1CC3[C@H](N(C)C)C(=O)C(C(N)=O)=C(O)[C@@]3(O)C(=O)C1=C2O. The highest BCUT2D eigenvalue weighted by Crippen LogP contribution is 2.54. The highest BCUT2D eigenvalue weighted by molar-refractivity contribution is 6.24. The first kappa shape index (κ1) is 30.1. The smallest absolute Gasteiger partial charge is 0.255 e. The number of Topliss-reactive ketones (excluding diaryl/α,β-unsaturated/α-hetero) is 3. The molecule has 0 radical (unpaired) electrons. The molecular weight excluding hydrogens is 556 g/mol. The predicted octanol–water partition coefficient (Wildman–Crippen LogP) is 1.18. The van der Waals surface area contributed by atoms with Gasteiger partial charge >= 0.3 is 0 Å². The van der Waals surface area contributed by atoms with Crippen molar-refractivity contribution in [3.05, 3.63) is 63.7 Å². The van der Waals surface area contributed by atoms with E-state index in [0.29, 0.717) is 22.5 Å². The Morgan fingerprint density at radius 3 is 2.37 bits per heavy atom. The monoisotopic (exact) mass is 592 g/mol. The van der Waals surface area contributed by atoms with Crippen molar-refractivity contribution in [1.29, 1.82) is 0 Å². The number of phenolic OH excluding ortho intramolecular Hbond substituents is 1. The Balaban J connectivity index is 1.64. The number of ketones is 3. The maximum Gasteiger partial charge on any atom is 0.255 e. The minimum atomic E-state index is -2.70. The number of aryl methyl sites for hydroxylation is 2. The topological polar surface area (TPSA) is 187 Å². The van der Waals surface area contributed by atoms with Gasteiger partial charge in [-0.1, -0.05) is 0 Å². The maximum atomic E-state index is 14.1. The average Bonchev–Trinajstić information content (AvgIpc) is 3.35. The van der Waals surface area contributed by atoms with Crippen molar-refractivity contribution >= 4 is 34.7 Å². The standard InChI is InChI=1S/C31H36N4O8/c1-33(2)19-13-14(8-9-20(36)18-7-6-10-35(18)5)25(37)22-16(19)11-15-12-17-24(34(3)4)27(39)23(30(32)42)29(41)31(17,43)28(40)21(15)26(22)38/h6-7,10,13,15,17,24,37-38,41,43H,8-9,11-12H2,1-5H3,(H2,32,42)/t15?,17?,24-,31-/m0/s1. The number of carbonyl (C=O) groups excluding carboxylic acids is 4. The normalized spacial score (nSPS) is 25.0. The van der Waals surface area contributed by atoms with E-state index in [2.05, 4.69) is 0 Å². The molecule has 4 atom stereocenters. The molecule has 12 heteroatoms. The van der Waals surface area contributed by atoms with Crippen LogP contribution in [0.25, 0.3) is 5.76 Å². The Hall–Kier alpha value is -4.42. The fourth-order valence-electron chi connectivity index (χ4n) is 7.06. The van der Waals surface area contributed by atoms with Gasteiger partial charge in [-0.3, -0.25) is 24.1 Å². The largest absolute Gasteiger partial charge is 0.508 e. The molecule has 0 spiro atoms. The van der Waals surface area contributed by atoms with E-state index < -0.39 is 58.0 Å². The van der Waals surface area contributed by atoms with Gasteiger partial charge < -0.3 is 35.6 Å². The number of rotatable bonds is 7. The number of fused-ring (bicyclic) bond motifs is 3. The van der Waals surface area contributed by atoms with Gasteiger partial charge in [0.25, 0.3) is 5.91 Å². The molecule has 2 unspecified atom stereocenters. The summed E-state index contributed by atoms with van der Waals surface area (Å²) in [5.41, 5.74) is 3.73. The van der Waals surface area contributed by atoms with E-state index in [1.165, 1.54) is 4.90 Å². The van der Waals surface area contributed by atoms with Gasteiger partial charge in [-0.05, 0) is 68.6 Å². The molecule has 43 heavy (non-hydrogen) atoms. The van der Waals surface area contributed by atoms with Crippen LogP contribution in [0, 0.1) is 11.8 Å². The first-order chi connectivity index (χ1) is 20.1. The Labute approximate surface area is 248 Å². The number of carbonyl (C=O) groups is 4.